The Morgan fingerprint density at radius 1 is 0.877 bits per heavy atom. The van der Waals surface area contributed by atoms with E-state index in [0.717, 1.165) is 38.8 Å². The number of amides is 5. The summed E-state index contributed by atoms with van der Waals surface area (Å²) in [6.45, 7) is 1.44. The number of phenolic OH excluding ortho intramolecular Hbond substituents is 1. The van der Waals surface area contributed by atoms with Crippen molar-refractivity contribution in [3.05, 3.63) is 147 Å². The van der Waals surface area contributed by atoms with E-state index in [1.165, 1.54) is 26.1 Å². The highest BCUT2D eigenvalue weighted by Crippen LogP contribution is 2.30. The SMILES string of the molecule is C[C@@H]([C@H](NC(=O)[C@H](Cc1ccccc1)NC(=O)N[C@@H](Cc1c[nH]c2ccccc12)C(=O)O)C(=O)N/C=C1\O[C@@H](n2ccc(=O)[nH]c2=O)[C@H](O)[C@@H]1O)N(C)C(=O)[C@@H](N)Cc1cccc(O)c1. The minimum atomic E-state index is -1.78. The molecule has 1 aliphatic heterocycles. The van der Waals surface area contributed by atoms with E-state index in [0.29, 0.717) is 16.7 Å². The molecule has 0 spiro atoms. The Hall–Kier alpha value is -7.75. The number of aromatic nitrogens is 3. The molecule has 12 N–H and O–H groups in total. The van der Waals surface area contributed by atoms with E-state index >= 15 is 0 Å². The van der Waals surface area contributed by atoms with Crippen LogP contribution in [0.4, 0.5) is 4.79 Å². The van der Waals surface area contributed by atoms with E-state index < -0.39 is 95.4 Å². The fourth-order valence-electron chi connectivity index (χ4n) is 7.31. The van der Waals surface area contributed by atoms with Crippen LogP contribution in [0.5, 0.6) is 5.75 Å². The smallest absolute Gasteiger partial charge is 0.331 e. The van der Waals surface area contributed by atoms with Gasteiger partial charge >= 0.3 is 17.7 Å². The molecule has 21 heteroatoms. The first-order valence-electron chi connectivity index (χ1n) is 20.3. The lowest BCUT2D eigenvalue weighted by Gasteiger charge is -2.34. The zero-order valence-electron chi connectivity index (χ0n) is 35.1. The number of para-hydroxylation sites is 1. The van der Waals surface area contributed by atoms with E-state index in [1.54, 1.807) is 60.8 Å². The number of aliphatic carboxylic acids is 1. The molecule has 0 radical (unpaired) electrons. The van der Waals surface area contributed by atoms with Gasteiger partial charge in [0.05, 0.1) is 12.1 Å². The molecule has 8 atom stereocenters. The van der Waals surface area contributed by atoms with E-state index in [4.69, 9.17) is 10.5 Å². The first-order chi connectivity index (χ1) is 31.0. The number of aromatic amines is 2. The van der Waals surface area contributed by atoms with Crippen LogP contribution >= 0.6 is 0 Å². The summed E-state index contributed by atoms with van der Waals surface area (Å²) in [6, 6.07) is 15.0. The molecule has 5 amide bonds. The van der Waals surface area contributed by atoms with Gasteiger partial charge in [-0.2, -0.15) is 0 Å². The van der Waals surface area contributed by atoms with Crippen molar-refractivity contribution in [1.29, 1.82) is 0 Å². The second kappa shape index (κ2) is 20.6. The molecular formula is C44H49N9O12. The number of benzene rings is 3. The van der Waals surface area contributed by atoms with Gasteiger partial charge in [-0.05, 0) is 48.2 Å². The highest BCUT2D eigenvalue weighted by Gasteiger charge is 2.42. The van der Waals surface area contributed by atoms with Crippen molar-refractivity contribution in [1.82, 2.24) is 40.7 Å². The number of likely N-dealkylation sites (N-methyl/N-ethyl adjacent to an activating group) is 1. The van der Waals surface area contributed by atoms with E-state index in [1.807, 2.05) is 17.1 Å². The number of rotatable bonds is 17. The number of aliphatic hydroxyl groups excluding tert-OH is 2. The van der Waals surface area contributed by atoms with Crippen LogP contribution in [-0.2, 0) is 43.2 Å². The molecule has 0 bridgehead atoms. The molecule has 1 aliphatic rings. The molecule has 3 aromatic carbocycles. The molecule has 1 fully saturated rings. The summed E-state index contributed by atoms with van der Waals surface area (Å²) in [7, 11) is 1.35. The fourth-order valence-corrected chi connectivity index (χ4v) is 7.31. The number of hydrogen-bond donors (Lipinski definition) is 11. The third-order valence-electron chi connectivity index (χ3n) is 11.0. The number of carbonyl (C=O) groups excluding carboxylic acids is 4. The van der Waals surface area contributed by atoms with Crippen molar-refractivity contribution >= 4 is 40.6 Å². The van der Waals surface area contributed by atoms with E-state index in [2.05, 4.69) is 26.3 Å². The van der Waals surface area contributed by atoms with Gasteiger partial charge in [-0.3, -0.25) is 28.7 Å². The van der Waals surface area contributed by atoms with Crippen molar-refractivity contribution in [3.8, 4) is 5.75 Å². The van der Waals surface area contributed by atoms with Gasteiger partial charge in [-0.1, -0.05) is 60.7 Å². The molecule has 0 unspecified atom stereocenters. The number of phenols is 1. The number of carboxylic acids is 1. The number of nitrogens with zero attached hydrogens (tertiary/aromatic N) is 2. The quantitative estimate of drug-likeness (QED) is 0.0559. The summed E-state index contributed by atoms with van der Waals surface area (Å²) in [5.41, 5.74) is 7.14. The lowest BCUT2D eigenvalue weighted by molar-refractivity contribution is -0.139. The Morgan fingerprint density at radius 3 is 2.28 bits per heavy atom. The number of aromatic hydroxyl groups is 1. The summed E-state index contributed by atoms with van der Waals surface area (Å²) < 4.78 is 6.42. The zero-order chi connectivity index (χ0) is 46.9. The highest BCUT2D eigenvalue weighted by molar-refractivity contribution is 5.94. The Bertz CT molecular complexity index is 2680. The van der Waals surface area contributed by atoms with Crippen LogP contribution in [0.2, 0.25) is 0 Å². The summed E-state index contributed by atoms with van der Waals surface area (Å²) in [5, 5.41) is 52.3. The van der Waals surface area contributed by atoms with Crippen LogP contribution in [-0.4, -0.2) is 119 Å². The van der Waals surface area contributed by atoms with Gasteiger partial charge in [0.1, 0.15) is 41.8 Å². The largest absolute Gasteiger partial charge is 0.508 e. The van der Waals surface area contributed by atoms with Crippen LogP contribution in [0.15, 0.2) is 119 Å². The molecule has 3 heterocycles. The lowest BCUT2D eigenvalue weighted by Crippen LogP contribution is -2.62. The van der Waals surface area contributed by atoms with E-state index in [-0.39, 0.29) is 25.0 Å². The van der Waals surface area contributed by atoms with Gasteiger partial charge in [-0.15, -0.1) is 0 Å². The number of carbonyl (C=O) groups is 5. The summed E-state index contributed by atoms with van der Waals surface area (Å²) in [5.74, 6) is -4.37. The first-order valence-corrected chi connectivity index (χ1v) is 20.3. The van der Waals surface area contributed by atoms with Crippen molar-refractivity contribution < 1.29 is 49.1 Å². The summed E-state index contributed by atoms with van der Waals surface area (Å²) in [6.07, 6.45) is -1.73. The predicted molar refractivity (Wildman–Crippen MR) is 233 cm³/mol. The molecule has 342 valence electrons. The van der Waals surface area contributed by atoms with Gasteiger partial charge in [0.2, 0.25) is 23.9 Å². The number of hydrogen-bond acceptors (Lipinski definition) is 12. The number of urea groups is 1. The summed E-state index contributed by atoms with van der Waals surface area (Å²) in [4.78, 5) is 98.5. The van der Waals surface area contributed by atoms with Crippen molar-refractivity contribution in [3.63, 3.8) is 0 Å². The number of H-pyrrole nitrogens is 2. The number of ether oxygens (including phenoxy) is 1. The fraction of sp³-hybridized carbons (Fsp3) is 0.295. The van der Waals surface area contributed by atoms with Gasteiger partial charge in [0, 0.05) is 55.5 Å². The predicted octanol–water partition coefficient (Wildman–Crippen LogP) is -0.560. The standard InChI is InChI=1S/C44H49N9O12/c1-23(52(2)40(60)29(45)18-25-11-8-12-27(54)17-25)35(39(59)47-22-33-36(56)37(57)41(65-33)53-16-15-34(55)50-44(53)64)51-38(58)31(19-24-9-4-3-5-10-24)48-43(63)49-32(42(61)62)20-26-21-46-30-14-7-6-13-28(26)30/h3-17,21-23,29,31-32,35-37,41,46,54,56-57H,18-20,45H2,1-2H3,(H,47,59)(H,51,58)(H,61,62)(H2,48,49,63)(H,50,55,64)/b33-22-/t23-,29-,31-,32-,35-,36+,37+,41+/m0/s1. The molecule has 0 saturated carbocycles. The third-order valence-corrected chi connectivity index (χ3v) is 11.0. The number of aliphatic hydroxyl groups is 2. The number of nitrogens with two attached hydrogens (primary N) is 1. The molecule has 1 saturated heterocycles. The molecule has 6 rings (SSSR count). The maximum atomic E-state index is 14.4. The van der Waals surface area contributed by atoms with Crippen LogP contribution in [0.3, 0.4) is 0 Å². The Kier molecular flexibility index (Phi) is 14.8. The van der Waals surface area contributed by atoms with E-state index in [9.17, 15) is 54.0 Å². The topological polar surface area (TPSA) is 324 Å². The normalized spacial score (nSPS) is 18.7. The van der Waals surface area contributed by atoms with Crippen LogP contribution in [0, 0.1) is 0 Å². The molecule has 5 aromatic rings. The Morgan fingerprint density at radius 2 is 1.57 bits per heavy atom. The highest BCUT2D eigenvalue weighted by atomic mass is 16.6. The third kappa shape index (κ3) is 11.4. The average molecular weight is 896 g/mol. The summed E-state index contributed by atoms with van der Waals surface area (Å²) >= 11 is 0. The Labute approximate surface area is 369 Å². The number of carboxylic acid groups (broad SMARTS) is 1. The van der Waals surface area contributed by atoms with Gasteiger partial charge < -0.3 is 62.0 Å². The van der Waals surface area contributed by atoms with Crippen LogP contribution in [0.1, 0.15) is 29.8 Å². The van der Waals surface area contributed by atoms with Crippen molar-refractivity contribution in [2.75, 3.05) is 7.05 Å². The van der Waals surface area contributed by atoms with Crippen molar-refractivity contribution in [2.24, 2.45) is 5.73 Å². The second-order valence-corrected chi connectivity index (χ2v) is 15.5. The van der Waals surface area contributed by atoms with Gasteiger partial charge in [0.25, 0.3) is 5.56 Å². The first kappa shape index (κ1) is 46.7. The zero-order valence-corrected chi connectivity index (χ0v) is 35.1. The van der Waals surface area contributed by atoms with Crippen LogP contribution < -0.4 is 38.2 Å². The van der Waals surface area contributed by atoms with Gasteiger partial charge in [-0.25, -0.2) is 14.4 Å². The van der Waals surface area contributed by atoms with Crippen molar-refractivity contribution in [2.45, 2.75) is 74.8 Å². The lowest BCUT2D eigenvalue weighted by atomic mass is 10.0. The molecular weight excluding hydrogens is 847 g/mol. The van der Waals surface area contributed by atoms with Crippen LogP contribution in [0.25, 0.3) is 10.9 Å². The van der Waals surface area contributed by atoms with Gasteiger partial charge in [0.15, 0.2) is 0 Å². The maximum Gasteiger partial charge on any atom is 0.331 e. The molecule has 65 heavy (non-hydrogen) atoms. The molecule has 21 nitrogen and oxygen atoms in total. The number of fused-ring (bicyclic) bond motifs is 1. The minimum absolute atomic E-state index is 0.00739. The molecule has 0 aliphatic carbocycles. The number of nitrogens with one attached hydrogen (secondary N) is 6. The molecule has 2 aromatic heterocycles. The average Bonchev–Trinajstić information content (AvgIpc) is 3.82. The monoisotopic (exact) mass is 895 g/mol. The Balaban J connectivity index is 1.25. The maximum absolute atomic E-state index is 14.4. The second-order valence-electron chi connectivity index (χ2n) is 15.5. The minimum Gasteiger partial charge on any atom is -0.508 e.